The van der Waals surface area contributed by atoms with Gasteiger partial charge < -0.3 is 4.57 Å². The number of hydrogen-bond acceptors (Lipinski definition) is 3. The summed E-state index contributed by atoms with van der Waals surface area (Å²) in [5.74, 6) is 1.83. The summed E-state index contributed by atoms with van der Waals surface area (Å²) in [5.41, 5.74) is 2.60. The third-order valence-corrected chi connectivity index (χ3v) is 4.22. The molecule has 0 aliphatic carbocycles. The van der Waals surface area contributed by atoms with Crippen LogP contribution in [-0.4, -0.2) is 9.55 Å². The fourth-order valence-corrected chi connectivity index (χ4v) is 3.02. The molecule has 0 aliphatic heterocycles. The Kier molecular flexibility index (Phi) is 3.44. The van der Waals surface area contributed by atoms with E-state index in [0.717, 1.165) is 22.6 Å². The molecule has 0 fully saturated rings. The van der Waals surface area contributed by atoms with Gasteiger partial charge in [-0.2, -0.15) is 5.26 Å². The molecule has 3 nitrogen and oxygen atoms in total. The second kappa shape index (κ2) is 5.40. The van der Waals surface area contributed by atoms with Crippen molar-refractivity contribution in [1.29, 1.82) is 5.26 Å². The smallest absolute Gasteiger partial charge is 0.120 e. The zero-order valence-corrected chi connectivity index (χ0v) is 11.9. The van der Waals surface area contributed by atoms with Gasteiger partial charge in [-0.25, -0.2) is 4.98 Å². The number of nitrogens with zero attached hydrogens (tertiary/aromatic N) is 3. The van der Waals surface area contributed by atoms with Crippen LogP contribution < -0.4 is 0 Å². The lowest BCUT2D eigenvalue weighted by atomic mass is 10.2. The number of imidazole rings is 1. The van der Waals surface area contributed by atoms with Crippen LogP contribution in [0.1, 0.15) is 11.4 Å². The Bertz CT molecular complexity index is 785. The predicted octanol–water partition coefficient (Wildman–Crippen LogP) is 3.74. The molecular weight excluding hydrogens is 266 g/mol. The summed E-state index contributed by atoms with van der Waals surface area (Å²) in [6, 6.07) is 18.1. The lowest BCUT2D eigenvalue weighted by molar-refractivity contribution is 0.876. The number of nitriles is 1. The first-order valence-corrected chi connectivity index (χ1v) is 7.30. The summed E-state index contributed by atoms with van der Waals surface area (Å²) in [5, 5.41) is 8.94. The van der Waals surface area contributed by atoms with Gasteiger partial charge in [-0.15, -0.1) is 11.8 Å². The van der Waals surface area contributed by atoms with Crippen LogP contribution >= 0.6 is 11.8 Å². The monoisotopic (exact) mass is 279 g/mol. The highest BCUT2D eigenvalue weighted by atomic mass is 32.2. The maximum Gasteiger partial charge on any atom is 0.120 e. The van der Waals surface area contributed by atoms with Gasteiger partial charge in [0.15, 0.2) is 0 Å². The van der Waals surface area contributed by atoms with Crippen molar-refractivity contribution in [1.82, 2.24) is 9.55 Å². The van der Waals surface area contributed by atoms with Crippen LogP contribution in [0.15, 0.2) is 53.4 Å². The molecule has 0 bridgehead atoms. The Hall–Kier alpha value is -2.25. The zero-order chi connectivity index (χ0) is 13.9. The van der Waals surface area contributed by atoms with Crippen molar-refractivity contribution in [3.63, 3.8) is 0 Å². The summed E-state index contributed by atoms with van der Waals surface area (Å²) in [6.45, 7) is 0. The summed E-state index contributed by atoms with van der Waals surface area (Å²) in [6.07, 6.45) is 0. The van der Waals surface area contributed by atoms with Crippen LogP contribution in [-0.2, 0) is 12.8 Å². The van der Waals surface area contributed by atoms with Crippen molar-refractivity contribution < 1.29 is 0 Å². The standard InChI is InChI=1S/C16H13N3S/c1-19-15-8-7-12(10-17)9-14(15)18-16(19)11-20-13-5-3-2-4-6-13/h2-9H,11H2,1H3. The molecule has 0 amide bonds. The van der Waals surface area contributed by atoms with Crippen LogP contribution in [0.2, 0.25) is 0 Å². The van der Waals surface area contributed by atoms with Gasteiger partial charge >= 0.3 is 0 Å². The van der Waals surface area contributed by atoms with Gasteiger partial charge in [0, 0.05) is 11.9 Å². The van der Waals surface area contributed by atoms with Crippen molar-refractivity contribution >= 4 is 22.8 Å². The molecule has 0 aliphatic rings. The van der Waals surface area contributed by atoms with Gasteiger partial charge in [0.1, 0.15) is 5.82 Å². The van der Waals surface area contributed by atoms with E-state index < -0.39 is 0 Å². The number of aromatic nitrogens is 2. The first-order valence-electron chi connectivity index (χ1n) is 6.31. The minimum absolute atomic E-state index is 0.651. The van der Waals surface area contributed by atoms with Crippen LogP contribution in [0.25, 0.3) is 11.0 Å². The molecule has 0 saturated carbocycles. The first-order chi connectivity index (χ1) is 9.78. The topological polar surface area (TPSA) is 41.6 Å². The second-order valence-corrected chi connectivity index (χ2v) is 5.55. The van der Waals surface area contributed by atoms with Gasteiger partial charge in [0.25, 0.3) is 0 Å². The molecule has 0 atom stereocenters. The number of benzene rings is 2. The molecule has 0 unspecified atom stereocenters. The summed E-state index contributed by atoms with van der Waals surface area (Å²) < 4.78 is 2.09. The molecule has 0 radical (unpaired) electrons. The number of thioether (sulfide) groups is 1. The van der Waals surface area contributed by atoms with E-state index in [0.29, 0.717) is 5.56 Å². The molecule has 98 valence electrons. The average Bonchev–Trinajstić information content (AvgIpc) is 2.82. The summed E-state index contributed by atoms with van der Waals surface area (Å²) >= 11 is 1.76. The highest BCUT2D eigenvalue weighted by Gasteiger charge is 2.08. The molecule has 1 aromatic heterocycles. The number of fused-ring (bicyclic) bond motifs is 1. The van der Waals surface area contributed by atoms with E-state index in [1.807, 2.05) is 43.4 Å². The fourth-order valence-electron chi connectivity index (χ4n) is 2.11. The van der Waals surface area contributed by atoms with E-state index >= 15 is 0 Å². The largest absolute Gasteiger partial charge is 0.330 e. The van der Waals surface area contributed by atoms with Crippen molar-refractivity contribution in [3.8, 4) is 6.07 Å². The highest BCUT2D eigenvalue weighted by molar-refractivity contribution is 7.98. The Morgan fingerprint density at radius 3 is 2.75 bits per heavy atom. The normalized spacial score (nSPS) is 10.6. The maximum absolute atomic E-state index is 8.94. The van der Waals surface area contributed by atoms with Crippen LogP contribution in [0.3, 0.4) is 0 Å². The Morgan fingerprint density at radius 1 is 1.20 bits per heavy atom. The molecular formula is C16H13N3S. The van der Waals surface area contributed by atoms with Crippen LogP contribution in [0.5, 0.6) is 0 Å². The van der Waals surface area contributed by atoms with Crippen molar-refractivity contribution in [3.05, 3.63) is 59.9 Å². The Morgan fingerprint density at radius 2 is 2.00 bits per heavy atom. The first kappa shape index (κ1) is 12.8. The lowest BCUT2D eigenvalue weighted by Gasteiger charge is -2.02. The summed E-state index contributed by atoms with van der Waals surface area (Å²) in [7, 11) is 2.02. The molecule has 1 heterocycles. The zero-order valence-electron chi connectivity index (χ0n) is 11.1. The maximum atomic E-state index is 8.94. The minimum atomic E-state index is 0.651. The van der Waals surface area contributed by atoms with Gasteiger partial charge in [-0.05, 0) is 30.3 Å². The highest BCUT2D eigenvalue weighted by Crippen LogP contribution is 2.24. The number of aryl methyl sites for hydroxylation is 1. The molecule has 0 N–H and O–H groups in total. The molecule has 20 heavy (non-hydrogen) atoms. The van der Waals surface area contributed by atoms with Crippen molar-refractivity contribution in [2.45, 2.75) is 10.6 Å². The van der Waals surface area contributed by atoms with E-state index in [4.69, 9.17) is 5.26 Å². The van der Waals surface area contributed by atoms with Gasteiger partial charge in [-0.3, -0.25) is 0 Å². The summed E-state index contributed by atoms with van der Waals surface area (Å²) in [4.78, 5) is 5.86. The van der Waals surface area contributed by atoms with Crippen LogP contribution in [0, 0.1) is 11.3 Å². The van der Waals surface area contributed by atoms with Crippen LogP contribution in [0.4, 0.5) is 0 Å². The minimum Gasteiger partial charge on any atom is -0.330 e. The van der Waals surface area contributed by atoms with Gasteiger partial charge in [0.05, 0.1) is 28.4 Å². The molecule has 3 aromatic rings. The Labute approximate surface area is 121 Å². The van der Waals surface area contributed by atoms with E-state index in [-0.39, 0.29) is 0 Å². The van der Waals surface area contributed by atoms with Gasteiger partial charge in [0.2, 0.25) is 0 Å². The quantitative estimate of drug-likeness (QED) is 0.686. The number of hydrogen-bond donors (Lipinski definition) is 0. The molecule has 2 aromatic carbocycles. The van der Waals surface area contributed by atoms with Crippen molar-refractivity contribution in [2.24, 2.45) is 7.05 Å². The van der Waals surface area contributed by atoms with E-state index in [2.05, 4.69) is 27.8 Å². The molecule has 3 rings (SSSR count). The van der Waals surface area contributed by atoms with E-state index in [9.17, 15) is 0 Å². The lowest BCUT2D eigenvalue weighted by Crippen LogP contribution is -1.95. The fraction of sp³-hybridized carbons (Fsp3) is 0.125. The third kappa shape index (κ3) is 2.40. The average molecular weight is 279 g/mol. The van der Waals surface area contributed by atoms with E-state index in [1.165, 1.54) is 4.90 Å². The third-order valence-electron chi connectivity index (χ3n) is 3.21. The molecule has 4 heteroatoms. The van der Waals surface area contributed by atoms with E-state index in [1.54, 1.807) is 11.8 Å². The van der Waals surface area contributed by atoms with Crippen molar-refractivity contribution in [2.75, 3.05) is 0 Å². The molecule has 0 saturated heterocycles. The Balaban J connectivity index is 1.89. The predicted molar refractivity (Wildman–Crippen MR) is 81.4 cm³/mol. The second-order valence-electron chi connectivity index (χ2n) is 4.50. The molecule has 0 spiro atoms. The number of rotatable bonds is 3. The SMILES string of the molecule is Cn1c(CSc2ccccc2)nc2cc(C#N)ccc21. The van der Waals surface area contributed by atoms with Gasteiger partial charge in [-0.1, -0.05) is 18.2 Å².